The molecule has 0 saturated heterocycles. The molecular formula is C19H20ClNO6. The Hall–Kier alpha value is -2.51. The van der Waals surface area contributed by atoms with Gasteiger partial charge >= 0.3 is 11.9 Å². The maximum absolute atomic E-state index is 12.4. The van der Waals surface area contributed by atoms with E-state index in [1.54, 1.807) is 11.0 Å². The smallest absolute Gasteiger partial charge is 0.355 e. The first-order valence-corrected chi connectivity index (χ1v) is 8.77. The SMILES string of the molecule is CCc1oc2c(Cl)cc(N3COCC(C(=O)OC)=C3C(=O)OC)cc2c1C. The molecule has 144 valence electrons. The topological polar surface area (TPSA) is 78.2 Å². The summed E-state index contributed by atoms with van der Waals surface area (Å²) in [5.41, 5.74) is 2.31. The number of esters is 2. The molecule has 1 aromatic carbocycles. The van der Waals surface area contributed by atoms with Crippen molar-refractivity contribution in [1.82, 2.24) is 0 Å². The van der Waals surface area contributed by atoms with E-state index in [0.717, 1.165) is 23.1 Å². The Morgan fingerprint density at radius 2 is 1.93 bits per heavy atom. The minimum Gasteiger partial charge on any atom is -0.466 e. The number of rotatable bonds is 4. The van der Waals surface area contributed by atoms with Gasteiger partial charge in [-0.25, -0.2) is 9.59 Å². The van der Waals surface area contributed by atoms with Gasteiger partial charge in [-0.15, -0.1) is 0 Å². The van der Waals surface area contributed by atoms with Crippen molar-refractivity contribution in [2.75, 3.05) is 32.5 Å². The van der Waals surface area contributed by atoms with E-state index in [2.05, 4.69) is 0 Å². The van der Waals surface area contributed by atoms with Gasteiger partial charge in [0.1, 0.15) is 18.2 Å². The first-order chi connectivity index (χ1) is 12.9. The highest BCUT2D eigenvalue weighted by Crippen LogP contribution is 2.37. The Morgan fingerprint density at radius 3 is 2.56 bits per heavy atom. The molecule has 0 fully saturated rings. The molecule has 0 saturated carbocycles. The highest BCUT2D eigenvalue weighted by Gasteiger charge is 2.33. The first kappa shape index (κ1) is 19.3. The average molecular weight is 394 g/mol. The third-order valence-electron chi connectivity index (χ3n) is 4.54. The van der Waals surface area contributed by atoms with Crippen LogP contribution in [0.15, 0.2) is 27.8 Å². The number of carbonyl (C=O) groups is 2. The van der Waals surface area contributed by atoms with Gasteiger partial charge in [0.05, 0.1) is 31.4 Å². The van der Waals surface area contributed by atoms with Crippen LogP contribution in [-0.4, -0.2) is 39.5 Å². The largest absolute Gasteiger partial charge is 0.466 e. The summed E-state index contributed by atoms with van der Waals surface area (Å²) in [5, 5.41) is 1.24. The van der Waals surface area contributed by atoms with Gasteiger partial charge in [0.25, 0.3) is 0 Å². The fourth-order valence-corrected chi connectivity index (χ4v) is 3.40. The van der Waals surface area contributed by atoms with Crippen molar-refractivity contribution in [2.45, 2.75) is 20.3 Å². The van der Waals surface area contributed by atoms with Crippen LogP contribution < -0.4 is 4.90 Å². The number of methoxy groups -OCH3 is 2. The second kappa shape index (κ2) is 7.62. The summed E-state index contributed by atoms with van der Waals surface area (Å²) in [6.45, 7) is 3.96. The Balaban J connectivity index is 2.20. The zero-order valence-electron chi connectivity index (χ0n) is 15.6. The fourth-order valence-electron chi connectivity index (χ4n) is 3.15. The van der Waals surface area contributed by atoms with Gasteiger partial charge in [0, 0.05) is 17.5 Å². The molecule has 0 spiro atoms. The van der Waals surface area contributed by atoms with Crippen LogP contribution in [-0.2, 0) is 30.2 Å². The third kappa shape index (κ3) is 3.28. The average Bonchev–Trinajstić information content (AvgIpc) is 3.02. The molecule has 27 heavy (non-hydrogen) atoms. The zero-order valence-corrected chi connectivity index (χ0v) is 16.3. The number of ether oxygens (including phenoxy) is 3. The van der Waals surface area contributed by atoms with Gasteiger partial charge in [-0.1, -0.05) is 18.5 Å². The molecule has 1 aliphatic heterocycles. The van der Waals surface area contributed by atoms with Crippen LogP contribution >= 0.6 is 11.6 Å². The van der Waals surface area contributed by atoms with Crippen LogP contribution in [0.4, 0.5) is 5.69 Å². The lowest BCUT2D eigenvalue weighted by Crippen LogP contribution is -2.38. The molecule has 2 heterocycles. The molecule has 7 nitrogen and oxygen atoms in total. The number of anilines is 1. The second-order valence-corrected chi connectivity index (χ2v) is 6.43. The van der Waals surface area contributed by atoms with Crippen LogP contribution in [0.3, 0.4) is 0 Å². The molecular weight excluding hydrogens is 374 g/mol. The molecule has 2 aromatic rings. The highest BCUT2D eigenvalue weighted by molar-refractivity contribution is 6.35. The predicted molar refractivity (Wildman–Crippen MR) is 99.7 cm³/mol. The van der Waals surface area contributed by atoms with E-state index >= 15 is 0 Å². The predicted octanol–water partition coefficient (Wildman–Crippen LogP) is 3.35. The van der Waals surface area contributed by atoms with E-state index in [9.17, 15) is 9.59 Å². The number of hydrogen-bond donors (Lipinski definition) is 0. The van der Waals surface area contributed by atoms with Crippen LogP contribution in [0.5, 0.6) is 0 Å². The number of benzene rings is 1. The fraction of sp³-hybridized carbons (Fsp3) is 0.368. The quantitative estimate of drug-likeness (QED) is 0.737. The molecule has 3 rings (SSSR count). The zero-order chi connectivity index (χ0) is 19.7. The molecule has 0 bridgehead atoms. The number of carbonyl (C=O) groups excluding carboxylic acids is 2. The van der Waals surface area contributed by atoms with Crippen LogP contribution in [0.2, 0.25) is 5.02 Å². The Labute approximate surface area is 161 Å². The van der Waals surface area contributed by atoms with Crippen molar-refractivity contribution >= 4 is 40.2 Å². The Bertz CT molecular complexity index is 945. The van der Waals surface area contributed by atoms with E-state index in [1.807, 2.05) is 19.9 Å². The summed E-state index contributed by atoms with van der Waals surface area (Å²) in [6, 6.07) is 3.52. The van der Waals surface area contributed by atoms with Crippen molar-refractivity contribution < 1.29 is 28.2 Å². The van der Waals surface area contributed by atoms with Crippen LogP contribution in [0, 0.1) is 6.92 Å². The number of hydrogen-bond acceptors (Lipinski definition) is 7. The summed E-state index contributed by atoms with van der Waals surface area (Å²) in [7, 11) is 2.50. The van der Waals surface area contributed by atoms with Crippen molar-refractivity contribution in [2.24, 2.45) is 0 Å². The third-order valence-corrected chi connectivity index (χ3v) is 4.82. The molecule has 0 radical (unpaired) electrons. The van der Waals surface area contributed by atoms with Crippen molar-refractivity contribution in [3.05, 3.63) is 39.7 Å². The maximum atomic E-state index is 12.4. The van der Waals surface area contributed by atoms with E-state index in [-0.39, 0.29) is 24.6 Å². The lowest BCUT2D eigenvalue weighted by atomic mass is 10.1. The minimum atomic E-state index is -0.659. The monoisotopic (exact) mass is 393 g/mol. The number of nitrogens with zero attached hydrogens (tertiary/aromatic N) is 1. The molecule has 1 aliphatic rings. The number of fused-ring (bicyclic) bond motifs is 1. The maximum Gasteiger partial charge on any atom is 0.355 e. The molecule has 0 atom stereocenters. The normalized spacial score (nSPS) is 14.6. The Kier molecular flexibility index (Phi) is 5.43. The molecule has 0 aliphatic carbocycles. The standard InChI is InChI=1S/C19H20ClNO6/c1-5-15-10(2)12-6-11(7-14(20)17(12)27-15)21-9-26-8-13(18(22)24-3)16(21)19(23)25-4/h6-7H,5,8-9H2,1-4H3. The summed E-state index contributed by atoms with van der Waals surface area (Å²) >= 11 is 6.43. The van der Waals surface area contributed by atoms with Gasteiger partial charge < -0.3 is 23.5 Å². The summed E-state index contributed by atoms with van der Waals surface area (Å²) in [4.78, 5) is 26.1. The molecule has 0 N–H and O–H groups in total. The van der Waals surface area contributed by atoms with Gasteiger partial charge in [0.2, 0.25) is 0 Å². The van der Waals surface area contributed by atoms with Crippen molar-refractivity contribution in [3.63, 3.8) is 0 Å². The molecule has 0 amide bonds. The van der Waals surface area contributed by atoms with Crippen molar-refractivity contribution in [3.8, 4) is 0 Å². The van der Waals surface area contributed by atoms with E-state index in [4.69, 9.17) is 30.2 Å². The van der Waals surface area contributed by atoms with Gasteiger partial charge in [-0.2, -0.15) is 0 Å². The van der Waals surface area contributed by atoms with E-state index < -0.39 is 11.9 Å². The van der Waals surface area contributed by atoms with Crippen LogP contribution in [0.1, 0.15) is 18.2 Å². The minimum absolute atomic E-state index is 0.0473. The summed E-state index contributed by atoms with van der Waals surface area (Å²) in [6.07, 6.45) is 0.735. The lowest BCUT2D eigenvalue weighted by Gasteiger charge is -2.31. The summed E-state index contributed by atoms with van der Waals surface area (Å²) in [5.74, 6) is -0.467. The highest BCUT2D eigenvalue weighted by atomic mass is 35.5. The van der Waals surface area contributed by atoms with E-state index in [0.29, 0.717) is 16.3 Å². The molecule has 1 aromatic heterocycles. The number of aryl methyl sites for hydroxylation is 2. The molecule has 0 unspecified atom stereocenters. The van der Waals surface area contributed by atoms with E-state index in [1.165, 1.54) is 14.2 Å². The first-order valence-electron chi connectivity index (χ1n) is 8.39. The van der Waals surface area contributed by atoms with Gasteiger partial charge in [0.15, 0.2) is 5.58 Å². The van der Waals surface area contributed by atoms with Gasteiger partial charge in [-0.05, 0) is 24.6 Å². The number of furan rings is 1. The van der Waals surface area contributed by atoms with Crippen molar-refractivity contribution in [1.29, 1.82) is 0 Å². The number of halogens is 1. The van der Waals surface area contributed by atoms with Gasteiger partial charge in [-0.3, -0.25) is 0 Å². The lowest BCUT2D eigenvalue weighted by molar-refractivity contribution is -0.140. The van der Waals surface area contributed by atoms with Crippen LogP contribution in [0.25, 0.3) is 11.0 Å². The molecule has 8 heteroatoms. The summed E-state index contributed by atoms with van der Waals surface area (Å²) < 4.78 is 21.0. The Morgan fingerprint density at radius 1 is 1.22 bits per heavy atom. The second-order valence-electron chi connectivity index (χ2n) is 6.02.